The van der Waals surface area contributed by atoms with Crippen molar-refractivity contribution >= 4 is 12.1 Å². The molecule has 16 heavy (non-hydrogen) atoms. The highest BCUT2D eigenvalue weighted by Gasteiger charge is 2.20. The van der Waals surface area contributed by atoms with Gasteiger partial charge in [0.05, 0.1) is 5.92 Å². The Balaban J connectivity index is 4.06. The summed E-state index contributed by atoms with van der Waals surface area (Å²) in [5.74, 6) is -1.62. The largest absolute Gasteiger partial charge is 0.481 e. The predicted octanol–water partition coefficient (Wildman–Crippen LogP) is 1.79. The SMILES string of the molecule is C=CCC(CNC(=O)OC(C)(C)C)C(=O)O. The van der Waals surface area contributed by atoms with E-state index in [1.807, 2.05) is 0 Å². The maximum absolute atomic E-state index is 11.2. The highest BCUT2D eigenvalue weighted by atomic mass is 16.6. The number of hydrogen-bond acceptors (Lipinski definition) is 3. The molecule has 2 N–H and O–H groups in total. The van der Waals surface area contributed by atoms with Gasteiger partial charge in [0.1, 0.15) is 5.60 Å². The van der Waals surface area contributed by atoms with Crippen molar-refractivity contribution in [2.24, 2.45) is 5.92 Å². The number of ether oxygens (including phenoxy) is 1. The number of carbonyl (C=O) groups excluding carboxylic acids is 1. The van der Waals surface area contributed by atoms with Crippen LogP contribution in [0.1, 0.15) is 27.2 Å². The molecule has 0 heterocycles. The zero-order valence-electron chi connectivity index (χ0n) is 9.95. The Morgan fingerprint density at radius 3 is 2.44 bits per heavy atom. The number of nitrogens with one attached hydrogen (secondary N) is 1. The summed E-state index contributed by atoms with van der Waals surface area (Å²) in [6, 6.07) is 0. The predicted molar refractivity (Wildman–Crippen MR) is 60.2 cm³/mol. The summed E-state index contributed by atoms with van der Waals surface area (Å²) < 4.78 is 4.98. The number of alkyl carbamates (subject to hydrolysis) is 1. The van der Waals surface area contributed by atoms with E-state index in [1.165, 1.54) is 6.08 Å². The molecule has 0 rings (SSSR count). The lowest BCUT2D eigenvalue weighted by molar-refractivity contribution is -0.141. The quantitative estimate of drug-likeness (QED) is 0.705. The van der Waals surface area contributed by atoms with Crippen LogP contribution >= 0.6 is 0 Å². The zero-order chi connectivity index (χ0) is 12.8. The summed E-state index contributed by atoms with van der Waals surface area (Å²) in [4.78, 5) is 22.0. The van der Waals surface area contributed by atoms with E-state index in [0.717, 1.165) is 0 Å². The Labute approximate surface area is 95.5 Å². The summed E-state index contributed by atoms with van der Waals surface area (Å²) in [5.41, 5.74) is -0.582. The lowest BCUT2D eigenvalue weighted by Gasteiger charge is -2.20. The van der Waals surface area contributed by atoms with Crippen LogP contribution in [0.25, 0.3) is 0 Å². The second-order valence-corrected chi connectivity index (χ2v) is 4.44. The molecule has 0 aliphatic heterocycles. The minimum Gasteiger partial charge on any atom is -0.481 e. The van der Waals surface area contributed by atoms with Crippen molar-refractivity contribution < 1.29 is 19.4 Å². The van der Waals surface area contributed by atoms with E-state index >= 15 is 0 Å². The van der Waals surface area contributed by atoms with Crippen molar-refractivity contribution in [3.8, 4) is 0 Å². The molecule has 1 atom stereocenters. The van der Waals surface area contributed by atoms with Crippen LogP contribution in [0, 0.1) is 5.92 Å². The van der Waals surface area contributed by atoms with Gasteiger partial charge in [-0.25, -0.2) is 4.79 Å². The Morgan fingerprint density at radius 2 is 2.06 bits per heavy atom. The number of hydrogen-bond donors (Lipinski definition) is 2. The number of carbonyl (C=O) groups is 2. The number of amides is 1. The second kappa shape index (κ2) is 6.15. The molecule has 1 unspecified atom stereocenters. The van der Waals surface area contributed by atoms with Crippen LogP contribution < -0.4 is 5.32 Å². The van der Waals surface area contributed by atoms with E-state index < -0.39 is 23.6 Å². The van der Waals surface area contributed by atoms with Crippen LogP contribution in [-0.2, 0) is 9.53 Å². The van der Waals surface area contributed by atoms with E-state index in [1.54, 1.807) is 20.8 Å². The fourth-order valence-corrected chi connectivity index (χ4v) is 0.993. The summed E-state index contributed by atoms with van der Waals surface area (Å²) in [6.07, 6.45) is 1.21. The number of aliphatic carboxylic acids is 1. The molecule has 0 fully saturated rings. The van der Waals surface area contributed by atoms with Gasteiger partial charge in [-0.1, -0.05) is 6.08 Å². The first-order chi connectivity index (χ1) is 7.26. The van der Waals surface area contributed by atoms with Crippen LogP contribution in [0.4, 0.5) is 4.79 Å². The molecule has 5 heteroatoms. The van der Waals surface area contributed by atoms with Crippen molar-refractivity contribution in [2.45, 2.75) is 32.8 Å². The normalized spacial score (nSPS) is 12.7. The number of carboxylic acids is 1. The van der Waals surface area contributed by atoms with Crippen molar-refractivity contribution in [3.63, 3.8) is 0 Å². The molecule has 0 spiro atoms. The maximum atomic E-state index is 11.2. The summed E-state index contributed by atoms with van der Waals surface area (Å²) in [6.45, 7) is 8.72. The molecular weight excluding hydrogens is 210 g/mol. The van der Waals surface area contributed by atoms with Gasteiger partial charge in [0.2, 0.25) is 0 Å². The van der Waals surface area contributed by atoms with E-state index in [2.05, 4.69) is 11.9 Å². The van der Waals surface area contributed by atoms with Gasteiger partial charge >= 0.3 is 12.1 Å². The van der Waals surface area contributed by atoms with Gasteiger partial charge in [-0.3, -0.25) is 4.79 Å². The summed E-state index contributed by atoms with van der Waals surface area (Å²) in [5, 5.41) is 11.2. The number of carboxylic acid groups (broad SMARTS) is 1. The van der Waals surface area contributed by atoms with Crippen molar-refractivity contribution in [1.82, 2.24) is 5.32 Å². The molecular formula is C11H19NO4. The van der Waals surface area contributed by atoms with Crippen LogP contribution in [0.15, 0.2) is 12.7 Å². The van der Waals surface area contributed by atoms with Crippen LogP contribution in [0.3, 0.4) is 0 Å². The minimum atomic E-state index is -0.962. The third kappa shape index (κ3) is 6.86. The summed E-state index contributed by atoms with van der Waals surface area (Å²) >= 11 is 0. The fourth-order valence-electron chi connectivity index (χ4n) is 0.993. The second-order valence-electron chi connectivity index (χ2n) is 4.44. The summed E-state index contributed by atoms with van der Waals surface area (Å²) in [7, 11) is 0. The van der Waals surface area contributed by atoms with Crippen LogP contribution in [0.5, 0.6) is 0 Å². The maximum Gasteiger partial charge on any atom is 0.407 e. The highest BCUT2D eigenvalue weighted by Crippen LogP contribution is 2.07. The monoisotopic (exact) mass is 229 g/mol. The Hall–Kier alpha value is -1.52. The van der Waals surface area contributed by atoms with Crippen molar-refractivity contribution in [1.29, 1.82) is 0 Å². The van der Waals surface area contributed by atoms with Crippen LogP contribution in [0.2, 0.25) is 0 Å². The fraction of sp³-hybridized carbons (Fsp3) is 0.636. The molecule has 0 saturated carbocycles. The molecule has 0 aromatic heterocycles. The highest BCUT2D eigenvalue weighted by molar-refractivity contribution is 5.72. The Bertz CT molecular complexity index is 268. The smallest absolute Gasteiger partial charge is 0.407 e. The molecule has 0 bridgehead atoms. The molecule has 0 aliphatic rings. The average Bonchev–Trinajstić information content (AvgIpc) is 2.08. The first kappa shape index (κ1) is 14.5. The lowest BCUT2D eigenvalue weighted by Crippen LogP contribution is -2.37. The molecule has 0 aromatic rings. The van der Waals surface area contributed by atoms with Crippen molar-refractivity contribution in [3.05, 3.63) is 12.7 Å². The van der Waals surface area contributed by atoms with E-state index in [0.29, 0.717) is 6.42 Å². The standard InChI is InChI=1S/C11H19NO4/c1-5-6-8(9(13)14)7-12-10(15)16-11(2,3)4/h5,8H,1,6-7H2,2-4H3,(H,12,15)(H,13,14). The molecule has 0 radical (unpaired) electrons. The van der Waals surface area contributed by atoms with E-state index in [4.69, 9.17) is 9.84 Å². The lowest BCUT2D eigenvalue weighted by atomic mass is 10.1. The molecule has 0 saturated heterocycles. The van der Waals surface area contributed by atoms with Gasteiger partial charge in [-0.05, 0) is 27.2 Å². The third-order valence-electron chi connectivity index (χ3n) is 1.69. The van der Waals surface area contributed by atoms with Gasteiger partial charge in [0, 0.05) is 6.54 Å². The van der Waals surface area contributed by atoms with E-state index in [9.17, 15) is 9.59 Å². The Kier molecular flexibility index (Phi) is 5.56. The number of allylic oxidation sites excluding steroid dienone is 1. The molecule has 0 aliphatic carbocycles. The van der Waals surface area contributed by atoms with Gasteiger partial charge in [-0.15, -0.1) is 6.58 Å². The van der Waals surface area contributed by atoms with Crippen molar-refractivity contribution in [2.75, 3.05) is 6.54 Å². The Morgan fingerprint density at radius 1 is 1.50 bits per heavy atom. The number of rotatable bonds is 5. The topological polar surface area (TPSA) is 75.6 Å². The minimum absolute atomic E-state index is 0.0380. The van der Waals surface area contributed by atoms with Gasteiger partial charge < -0.3 is 15.2 Å². The first-order valence-corrected chi connectivity index (χ1v) is 5.07. The van der Waals surface area contributed by atoms with Gasteiger partial charge in [0.15, 0.2) is 0 Å². The first-order valence-electron chi connectivity index (χ1n) is 5.07. The van der Waals surface area contributed by atoms with Crippen LogP contribution in [-0.4, -0.2) is 29.3 Å². The molecule has 5 nitrogen and oxygen atoms in total. The average molecular weight is 229 g/mol. The zero-order valence-corrected chi connectivity index (χ0v) is 9.95. The van der Waals surface area contributed by atoms with Gasteiger partial charge in [0.25, 0.3) is 0 Å². The molecule has 0 aromatic carbocycles. The van der Waals surface area contributed by atoms with E-state index in [-0.39, 0.29) is 6.54 Å². The molecule has 92 valence electrons. The third-order valence-corrected chi connectivity index (χ3v) is 1.69. The molecule has 1 amide bonds. The van der Waals surface area contributed by atoms with Gasteiger partial charge in [-0.2, -0.15) is 0 Å².